The summed E-state index contributed by atoms with van der Waals surface area (Å²) >= 11 is 7.61. The summed E-state index contributed by atoms with van der Waals surface area (Å²) in [6.07, 6.45) is 4.24. The highest BCUT2D eigenvalue weighted by Crippen LogP contribution is 2.38. The van der Waals surface area contributed by atoms with Gasteiger partial charge in [-0.1, -0.05) is 13.8 Å². The highest BCUT2D eigenvalue weighted by molar-refractivity contribution is 9.11. The molecule has 2 aromatic heterocycles. The topological polar surface area (TPSA) is 38.3 Å². The van der Waals surface area contributed by atoms with Gasteiger partial charge in [-0.3, -0.25) is 4.57 Å². The average Bonchev–Trinajstić information content (AvgIpc) is 3.03. The summed E-state index contributed by atoms with van der Waals surface area (Å²) in [5, 5.41) is 1.11. The molecule has 1 aliphatic heterocycles. The summed E-state index contributed by atoms with van der Waals surface area (Å²) in [6.45, 7) is 18.2. The second-order valence-corrected chi connectivity index (χ2v) is 10.4. The first-order valence-electron chi connectivity index (χ1n) is 10.7. The third-order valence-corrected chi connectivity index (χ3v) is 7.35. The van der Waals surface area contributed by atoms with Crippen LogP contribution in [0.25, 0.3) is 21.6 Å². The molecule has 162 valence electrons. The van der Waals surface area contributed by atoms with Crippen LogP contribution in [0.1, 0.15) is 49.6 Å². The number of hydrogen-bond donors (Lipinski definition) is 0. The SMILES string of the molecule is [C-]#[N+]CC1CCN(c2nc(C)nc3c2c(C)cn3-c2c(Br)cc(C(C)C)cc2Br)CC1. The van der Waals surface area contributed by atoms with Gasteiger partial charge in [-0.15, -0.1) is 0 Å². The summed E-state index contributed by atoms with van der Waals surface area (Å²) < 4.78 is 4.26. The predicted molar refractivity (Wildman–Crippen MR) is 134 cm³/mol. The van der Waals surface area contributed by atoms with Gasteiger partial charge in [-0.05, 0) is 87.7 Å². The average molecular weight is 545 g/mol. The van der Waals surface area contributed by atoms with Gasteiger partial charge in [0.05, 0.1) is 11.1 Å². The summed E-state index contributed by atoms with van der Waals surface area (Å²) in [4.78, 5) is 15.7. The van der Waals surface area contributed by atoms with Gasteiger partial charge in [-0.25, -0.2) is 16.5 Å². The fourth-order valence-electron chi connectivity index (χ4n) is 4.39. The highest BCUT2D eigenvalue weighted by Gasteiger charge is 2.26. The molecular formula is C24H27Br2N5. The lowest BCUT2D eigenvalue weighted by Crippen LogP contribution is -2.35. The molecule has 1 fully saturated rings. The number of aryl methyl sites for hydroxylation is 2. The Morgan fingerprint density at radius 2 is 1.77 bits per heavy atom. The Morgan fingerprint density at radius 3 is 2.35 bits per heavy atom. The smallest absolute Gasteiger partial charge is 0.217 e. The molecule has 0 bridgehead atoms. The third kappa shape index (κ3) is 4.25. The third-order valence-electron chi connectivity index (χ3n) is 6.14. The van der Waals surface area contributed by atoms with Crippen molar-refractivity contribution in [1.29, 1.82) is 0 Å². The Bertz CT molecular complexity index is 1140. The lowest BCUT2D eigenvalue weighted by atomic mass is 9.97. The second-order valence-electron chi connectivity index (χ2n) is 8.73. The summed E-state index contributed by atoms with van der Waals surface area (Å²) in [7, 11) is 0. The lowest BCUT2D eigenvalue weighted by Gasteiger charge is -2.31. The monoisotopic (exact) mass is 543 g/mol. The fraction of sp³-hybridized carbons (Fsp3) is 0.458. The molecule has 0 radical (unpaired) electrons. The first kappa shape index (κ1) is 22.3. The molecule has 31 heavy (non-hydrogen) atoms. The van der Waals surface area contributed by atoms with Gasteiger partial charge in [0, 0.05) is 34.1 Å². The van der Waals surface area contributed by atoms with Crippen LogP contribution in [-0.2, 0) is 0 Å². The molecule has 1 aliphatic rings. The molecule has 4 rings (SSSR count). The maximum atomic E-state index is 7.15. The van der Waals surface area contributed by atoms with Crippen LogP contribution in [0.4, 0.5) is 5.82 Å². The Labute approximate surface area is 200 Å². The van der Waals surface area contributed by atoms with E-state index in [4.69, 9.17) is 16.5 Å². The van der Waals surface area contributed by atoms with Gasteiger partial charge >= 0.3 is 0 Å². The summed E-state index contributed by atoms with van der Waals surface area (Å²) in [5.41, 5.74) is 4.44. The zero-order valence-electron chi connectivity index (χ0n) is 18.4. The van der Waals surface area contributed by atoms with Crippen molar-refractivity contribution in [2.45, 2.75) is 46.5 Å². The van der Waals surface area contributed by atoms with E-state index >= 15 is 0 Å². The largest absolute Gasteiger partial charge is 0.356 e. The standard InChI is InChI=1S/C24H27Br2N5/c1-14(2)18-10-19(25)22(20(26)11-18)31-13-15(3)21-23(28-16(4)29-24(21)31)30-8-6-17(7-9-30)12-27-5/h10-11,13-14,17H,6-9,12H2,1-4H3. The van der Waals surface area contributed by atoms with E-state index in [0.29, 0.717) is 18.4 Å². The van der Waals surface area contributed by atoms with Gasteiger partial charge in [-0.2, -0.15) is 0 Å². The van der Waals surface area contributed by atoms with E-state index in [-0.39, 0.29) is 0 Å². The minimum atomic E-state index is 0.451. The molecule has 0 spiro atoms. The highest BCUT2D eigenvalue weighted by atomic mass is 79.9. The van der Waals surface area contributed by atoms with Crippen molar-refractivity contribution in [2.24, 2.45) is 5.92 Å². The minimum absolute atomic E-state index is 0.451. The maximum Gasteiger partial charge on any atom is 0.217 e. The van der Waals surface area contributed by atoms with Crippen molar-refractivity contribution >= 4 is 48.7 Å². The predicted octanol–water partition coefficient (Wildman–Crippen LogP) is 6.82. The van der Waals surface area contributed by atoms with Crippen LogP contribution >= 0.6 is 31.9 Å². The first-order valence-corrected chi connectivity index (χ1v) is 12.3. The van der Waals surface area contributed by atoms with E-state index in [2.05, 4.69) is 85.3 Å². The minimum Gasteiger partial charge on any atom is -0.356 e. The van der Waals surface area contributed by atoms with Gasteiger partial charge in [0.15, 0.2) is 5.65 Å². The van der Waals surface area contributed by atoms with Gasteiger partial charge in [0.1, 0.15) is 11.6 Å². The van der Waals surface area contributed by atoms with Crippen molar-refractivity contribution in [3.05, 3.63) is 55.6 Å². The van der Waals surface area contributed by atoms with Crippen LogP contribution in [0.2, 0.25) is 0 Å². The Balaban J connectivity index is 1.82. The van der Waals surface area contributed by atoms with Crippen LogP contribution < -0.4 is 4.90 Å². The van der Waals surface area contributed by atoms with Crippen LogP contribution in [0.15, 0.2) is 27.3 Å². The molecule has 0 unspecified atom stereocenters. The van der Waals surface area contributed by atoms with Crippen molar-refractivity contribution < 1.29 is 0 Å². The van der Waals surface area contributed by atoms with Crippen molar-refractivity contribution in [1.82, 2.24) is 14.5 Å². The zero-order valence-corrected chi connectivity index (χ0v) is 21.6. The van der Waals surface area contributed by atoms with Crippen LogP contribution in [0.5, 0.6) is 0 Å². The van der Waals surface area contributed by atoms with Gasteiger partial charge in [0.2, 0.25) is 6.54 Å². The van der Waals surface area contributed by atoms with E-state index in [1.54, 1.807) is 0 Å². The lowest BCUT2D eigenvalue weighted by molar-refractivity contribution is 0.429. The molecule has 0 N–H and O–H groups in total. The molecule has 1 saturated heterocycles. The van der Waals surface area contributed by atoms with E-state index < -0.39 is 0 Å². The number of fused-ring (bicyclic) bond motifs is 1. The Morgan fingerprint density at radius 1 is 1.13 bits per heavy atom. The number of halogens is 2. The van der Waals surface area contributed by atoms with Crippen molar-refractivity contribution in [3.8, 4) is 5.69 Å². The normalized spacial score (nSPS) is 15.1. The zero-order chi connectivity index (χ0) is 22.3. The van der Waals surface area contributed by atoms with E-state index in [1.807, 2.05) is 6.92 Å². The number of aromatic nitrogens is 3. The molecule has 0 aliphatic carbocycles. The molecule has 3 heterocycles. The quantitative estimate of drug-likeness (QED) is 0.338. The Hall–Kier alpha value is -1.91. The van der Waals surface area contributed by atoms with Crippen LogP contribution in [0.3, 0.4) is 0 Å². The summed E-state index contributed by atoms with van der Waals surface area (Å²) in [6, 6.07) is 4.39. The molecule has 0 saturated carbocycles. The van der Waals surface area contributed by atoms with E-state index in [0.717, 1.165) is 63.2 Å². The maximum absolute atomic E-state index is 7.15. The van der Waals surface area contributed by atoms with Crippen molar-refractivity contribution in [2.75, 3.05) is 24.5 Å². The number of rotatable bonds is 4. The molecule has 0 atom stereocenters. The van der Waals surface area contributed by atoms with Gasteiger partial charge in [0.25, 0.3) is 0 Å². The molecule has 3 aromatic rings. The number of piperidine rings is 1. The van der Waals surface area contributed by atoms with E-state index in [9.17, 15) is 0 Å². The second kappa shape index (κ2) is 8.91. The fourth-order valence-corrected chi connectivity index (χ4v) is 6.00. The van der Waals surface area contributed by atoms with Gasteiger partial charge < -0.3 is 9.74 Å². The van der Waals surface area contributed by atoms with Crippen molar-refractivity contribution in [3.63, 3.8) is 0 Å². The number of anilines is 1. The van der Waals surface area contributed by atoms with Crippen LogP contribution in [0, 0.1) is 26.3 Å². The Kier molecular flexibility index (Phi) is 6.41. The van der Waals surface area contributed by atoms with Crippen LogP contribution in [-0.4, -0.2) is 34.2 Å². The molecule has 5 nitrogen and oxygen atoms in total. The molecule has 0 amide bonds. The molecular weight excluding hydrogens is 518 g/mol. The number of hydrogen-bond acceptors (Lipinski definition) is 3. The number of nitrogens with zero attached hydrogens (tertiary/aromatic N) is 5. The summed E-state index contributed by atoms with van der Waals surface area (Å²) in [5.74, 6) is 2.75. The molecule has 7 heteroatoms. The van der Waals surface area contributed by atoms with E-state index in [1.165, 1.54) is 11.1 Å². The number of benzene rings is 1. The first-order chi connectivity index (χ1) is 14.8. The molecule has 1 aromatic carbocycles.